The van der Waals surface area contributed by atoms with Crippen molar-refractivity contribution < 1.29 is 9.59 Å². The Morgan fingerprint density at radius 2 is 1.88 bits per heavy atom. The van der Waals surface area contributed by atoms with E-state index in [0.29, 0.717) is 12.0 Å². The number of carbonyl (C=O) groups excluding carboxylic acids is 2. The normalized spacial score (nSPS) is 12.1. The molecule has 0 spiro atoms. The van der Waals surface area contributed by atoms with Crippen molar-refractivity contribution in [3.8, 4) is 0 Å². The molecule has 1 unspecified atom stereocenters. The molecule has 0 aliphatic carbocycles. The molecule has 86 valence electrons. The Hall–Kier alpha value is -1.29. The van der Waals surface area contributed by atoms with Crippen molar-refractivity contribution in [3.63, 3.8) is 0 Å². The molecule has 3 nitrogen and oxygen atoms in total. The number of rotatable bonds is 5. The molecular weight excluding hydrogens is 222 g/mol. The number of primary amides is 1. The van der Waals surface area contributed by atoms with Gasteiger partial charge in [0.2, 0.25) is 5.91 Å². The second-order valence-electron chi connectivity index (χ2n) is 3.50. The molecule has 4 heteroatoms. The van der Waals surface area contributed by atoms with Crippen LogP contribution in [-0.4, -0.2) is 16.9 Å². The Bertz CT molecular complexity index is 387. The summed E-state index contributed by atoms with van der Waals surface area (Å²) in [5.41, 5.74) is 5.94. The minimum absolute atomic E-state index is 0.0403. The molecule has 0 aliphatic heterocycles. The minimum Gasteiger partial charge on any atom is -0.369 e. The third kappa shape index (κ3) is 3.38. The van der Waals surface area contributed by atoms with Gasteiger partial charge in [0.25, 0.3) is 0 Å². The van der Waals surface area contributed by atoms with E-state index in [1.165, 1.54) is 18.7 Å². The summed E-state index contributed by atoms with van der Waals surface area (Å²) in [6.45, 7) is 3.45. The van der Waals surface area contributed by atoms with Crippen molar-refractivity contribution in [1.82, 2.24) is 0 Å². The second-order valence-corrected chi connectivity index (χ2v) is 4.77. The van der Waals surface area contributed by atoms with Crippen molar-refractivity contribution in [1.29, 1.82) is 0 Å². The van der Waals surface area contributed by atoms with Gasteiger partial charge in [0.15, 0.2) is 5.78 Å². The topological polar surface area (TPSA) is 60.2 Å². The maximum atomic E-state index is 11.1. The number of nitrogens with two attached hydrogens (primary N) is 1. The van der Waals surface area contributed by atoms with Crippen LogP contribution < -0.4 is 5.73 Å². The van der Waals surface area contributed by atoms with Gasteiger partial charge in [-0.3, -0.25) is 9.59 Å². The lowest BCUT2D eigenvalue weighted by Gasteiger charge is -2.10. The van der Waals surface area contributed by atoms with Crippen molar-refractivity contribution in [3.05, 3.63) is 29.8 Å². The van der Waals surface area contributed by atoms with Crippen molar-refractivity contribution in [2.75, 3.05) is 0 Å². The molecule has 0 saturated carbocycles. The Kier molecular flexibility index (Phi) is 4.55. The largest absolute Gasteiger partial charge is 0.369 e. The van der Waals surface area contributed by atoms with E-state index in [4.69, 9.17) is 5.73 Å². The summed E-state index contributed by atoms with van der Waals surface area (Å²) >= 11 is 1.43. The van der Waals surface area contributed by atoms with E-state index in [0.717, 1.165) is 4.90 Å². The third-order valence-corrected chi connectivity index (χ3v) is 3.62. The molecule has 0 fully saturated rings. The van der Waals surface area contributed by atoms with Gasteiger partial charge in [-0.25, -0.2) is 0 Å². The van der Waals surface area contributed by atoms with Gasteiger partial charge in [-0.1, -0.05) is 19.1 Å². The molecule has 0 aromatic heterocycles. The lowest BCUT2D eigenvalue weighted by atomic mass is 10.2. The molecular formula is C12H15NO2S. The molecule has 1 atom stereocenters. The average molecular weight is 237 g/mol. The molecule has 1 rings (SSSR count). The molecule has 1 aromatic carbocycles. The van der Waals surface area contributed by atoms with Crippen molar-refractivity contribution in [2.24, 2.45) is 5.73 Å². The SMILES string of the molecule is CCC(Sc1ccc(C(C)=O)cc1)C(N)=O. The number of hydrogen-bond acceptors (Lipinski definition) is 3. The fraction of sp³-hybridized carbons (Fsp3) is 0.333. The van der Waals surface area contributed by atoms with Crippen LogP contribution in [0.2, 0.25) is 0 Å². The predicted octanol–water partition coefficient (Wildman–Crippen LogP) is 2.25. The smallest absolute Gasteiger partial charge is 0.230 e. The monoisotopic (exact) mass is 237 g/mol. The van der Waals surface area contributed by atoms with E-state index in [2.05, 4.69) is 0 Å². The van der Waals surface area contributed by atoms with E-state index in [-0.39, 0.29) is 16.9 Å². The van der Waals surface area contributed by atoms with Gasteiger partial charge >= 0.3 is 0 Å². The van der Waals surface area contributed by atoms with Crippen molar-refractivity contribution >= 4 is 23.5 Å². The number of thioether (sulfide) groups is 1. The van der Waals surface area contributed by atoms with Crippen LogP contribution >= 0.6 is 11.8 Å². The summed E-state index contributed by atoms with van der Waals surface area (Å²) in [7, 11) is 0. The first-order chi connectivity index (χ1) is 7.54. The fourth-order valence-electron chi connectivity index (χ4n) is 1.28. The summed E-state index contributed by atoms with van der Waals surface area (Å²) < 4.78 is 0. The van der Waals surface area contributed by atoms with Gasteiger partial charge in [-0.15, -0.1) is 11.8 Å². The van der Waals surface area contributed by atoms with Crippen LogP contribution in [0.25, 0.3) is 0 Å². The zero-order valence-corrected chi connectivity index (χ0v) is 10.2. The Labute approximate surface area is 99.4 Å². The van der Waals surface area contributed by atoms with Crippen LogP contribution in [0.15, 0.2) is 29.2 Å². The first-order valence-corrected chi connectivity index (χ1v) is 5.99. The molecule has 16 heavy (non-hydrogen) atoms. The first-order valence-electron chi connectivity index (χ1n) is 5.11. The Balaban J connectivity index is 2.75. The average Bonchev–Trinajstić information content (AvgIpc) is 2.26. The molecule has 0 saturated heterocycles. The van der Waals surface area contributed by atoms with E-state index in [1.54, 1.807) is 12.1 Å². The highest BCUT2D eigenvalue weighted by Gasteiger charge is 2.14. The molecule has 0 bridgehead atoms. The molecule has 1 amide bonds. The van der Waals surface area contributed by atoms with Gasteiger partial charge in [-0.2, -0.15) is 0 Å². The number of benzene rings is 1. The maximum Gasteiger partial charge on any atom is 0.230 e. The van der Waals surface area contributed by atoms with E-state index >= 15 is 0 Å². The summed E-state index contributed by atoms with van der Waals surface area (Å²) in [6.07, 6.45) is 0.703. The summed E-state index contributed by atoms with van der Waals surface area (Å²) in [5.74, 6) is -0.262. The van der Waals surface area contributed by atoms with Crippen molar-refractivity contribution in [2.45, 2.75) is 30.4 Å². The lowest BCUT2D eigenvalue weighted by Crippen LogP contribution is -2.24. The minimum atomic E-state index is -0.303. The summed E-state index contributed by atoms with van der Waals surface area (Å²) in [4.78, 5) is 23.1. The highest BCUT2D eigenvalue weighted by Crippen LogP contribution is 2.25. The number of hydrogen-bond donors (Lipinski definition) is 1. The van der Waals surface area contributed by atoms with E-state index in [9.17, 15) is 9.59 Å². The van der Waals surface area contributed by atoms with Gasteiger partial charge in [-0.05, 0) is 25.5 Å². The van der Waals surface area contributed by atoms with Gasteiger partial charge in [0, 0.05) is 10.5 Å². The summed E-state index contributed by atoms with van der Waals surface area (Å²) in [6, 6.07) is 7.21. The summed E-state index contributed by atoms with van der Waals surface area (Å²) in [5, 5.41) is -0.205. The number of ketones is 1. The fourth-order valence-corrected chi connectivity index (χ4v) is 2.18. The molecule has 0 aliphatic rings. The van der Waals surface area contributed by atoms with Crippen LogP contribution in [0.1, 0.15) is 30.6 Å². The highest BCUT2D eigenvalue weighted by molar-refractivity contribution is 8.00. The second kappa shape index (κ2) is 5.70. The van der Waals surface area contributed by atoms with Crippen LogP contribution in [0.5, 0.6) is 0 Å². The Morgan fingerprint density at radius 3 is 2.25 bits per heavy atom. The molecule has 0 radical (unpaired) electrons. The van der Waals surface area contributed by atoms with E-state index < -0.39 is 0 Å². The van der Waals surface area contributed by atoms with Crippen LogP contribution in [-0.2, 0) is 4.79 Å². The molecule has 2 N–H and O–H groups in total. The van der Waals surface area contributed by atoms with Gasteiger partial charge < -0.3 is 5.73 Å². The first kappa shape index (κ1) is 12.8. The lowest BCUT2D eigenvalue weighted by molar-refractivity contribution is -0.117. The number of amides is 1. The van der Waals surface area contributed by atoms with E-state index in [1.807, 2.05) is 19.1 Å². The third-order valence-electron chi connectivity index (χ3n) is 2.23. The van der Waals surface area contributed by atoms with Gasteiger partial charge in [0.1, 0.15) is 0 Å². The van der Waals surface area contributed by atoms with Crippen LogP contribution in [0, 0.1) is 0 Å². The zero-order chi connectivity index (χ0) is 12.1. The number of carbonyl (C=O) groups is 2. The predicted molar refractivity (Wildman–Crippen MR) is 65.6 cm³/mol. The Morgan fingerprint density at radius 1 is 1.31 bits per heavy atom. The highest BCUT2D eigenvalue weighted by atomic mass is 32.2. The zero-order valence-electron chi connectivity index (χ0n) is 9.40. The van der Waals surface area contributed by atoms with Crippen LogP contribution in [0.4, 0.5) is 0 Å². The van der Waals surface area contributed by atoms with Crippen LogP contribution in [0.3, 0.4) is 0 Å². The number of Topliss-reactive ketones (excluding diaryl/α,β-unsaturated/α-hetero) is 1. The molecule has 1 aromatic rings. The van der Waals surface area contributed by atoms with Gasteiger partial charge in [0.05, 0.1) is 5.25 Å². The molecule has 0 heterocycles. The standard InChI is InChI=1S/C12H15NO2S/c1-3-11(12(13)15)16-10-6-4-9(5-7-10)8(2)14/h4-7,11H,3H2,1-2H3,(H2,13,15). The maximum absolute atomic E-state index is 11.1. The quantitative estimate of drug-likeness (QED) is 0.631.